The van der Waals surface area contributed by atoms with Crippen LogP contribution in [0.1, 0.15) is 25.0 Å². The largest absolute Gasteiger partial charge is 0.301 e. The van der Waals surface area contributed by atoms with Gasteiger partial charge in [0.05, 0.1) is 21.6 Å². The van der Waals surface area contributed by atoms with Gasteiger partial charge in [-0.25, -0.2) is 0 Å². The van der Waals surface area contributed by atoms with E-state index in [1.54, 1.807) is 0 Å². The highest BCUT2D eigenvalue weighted by Crippen LogP contribution is 2.43. The fourth-order valence-electron chi connectivity index (χ4n) is 3.99. The molecule has 0 amide bonds. The zero-order chi connectivity index (χ0) is 23.5. The van der Waals surface area contributed by atoms with Crippen molar-refractivity contribution >= 4 is 33.9 Å². The number of anilines is 1. The summed E-state index contributed by atoms with van der Waals surface area (Å²) in [6.45, 7) is 3.93. The molecule has 0 bridgehead atoms. The van der Waals surface area contributed by atoms with Crippen molar-refractivity contribution in [3.05, 3.63) is 121 Å². The standard InChI is InChI=1S/C25H20N4O4/c1-16-23(18-9-5-3-6-10-18)24(19-11-7-4-8-12-19)17(2)25(16)27-26-21-14-13-20(28(30)31)15-22(21)29(32)33/h3-15,26H,1-2H3. The molecule has 0 radical (unpaired) electrons. The Morgan fingerprint density at radius 1 is 0.727 bits per heavy atom. The summed E-state index contributed by atoms with van der Waals surface area (Å²) in [6, 6.07) is 23.4. The summed E-state index contributed by atoms with van der Waals surface area (Å²) in [7, 11) is 0. The highest BCUT2D eigenvalue weighted by Gasteiger charge is 2.28. The van der Waals surface area contributed by atoms with Crippen LogP contribution in [-0.4, -0.2) is 15.6 Å². The molecule has 0 saturated heterocycles. The van der Waals surface area contributed by atoms with Crippen LogP contribution in [0.25, 0.3) is 11.1 Å². The van der Waals surface area contributed by atoms with Gasteiger partial charge in [0.25, 0.3) is 5.69 Å². The van der Waals surface area contributed by atoms with Gasteiger partial charge in [-0.15, -0.1) is 0 Å². The van der Waals surface area contributed by atoms with Crippen LogP contribution in [0.5, 0.6) is 0 Å². The molecule has 1 aliphatic rings. The zero-order valence-electron chi connectivity index (χ0n) is 18.0. The van der Waals surface area contributed by atoms with Gasteiger partial charge in [-0.2, -0.15) is 5.10 Å². The van der Waals surface area contributed by atoms with Gasteiger partial charge < -0.3 is 0 Å². The topological polar surface area (TPSA) is 111 Å². The predicted molar refractivity (Wildman–Crippen MR) is 129 cm³/mol. The lowest BCUT2D eigenvalue weighted by Crippen LogP contribution is -2.05. The number of rotatable bonds is 6. The molecular formula is C25H20N4O4. The van der Waals surface area contributed by atoms with Crippen molar-refractivity contribution in [3.8, 4) is 0 Å². The molecule has 0 aromatic heterocycles. The summed E-state index contributed by atoms with van der Waals surface area (Å²) in [5.74, 6) is 0. The van der Waals surface area contributed by atoms with Gasteiger partial charge >= 0.3 is 5.69 Å². The maximum absolute atomic E-state index is 11.5. The quantitative estimate of drug-likeness (QED) is 0.361. The van der Waals surface area contributed by atoms with Gasteiger partial charge in [-0.3, -0.25) is 25.7 Å². The van der Waals surface area contributed by atoms with Gasteiger partial charge in [-0.05, 0) is 53.3 Å². The Morgan fingerprint density at radius 2 is 1.24 bits per heavy atom. The van der Waals surface area contributed by atoms with Crippen LogP contribution in [0.15, 0.2) is 95.1 Å². The van der Waals surface area contributed by atoms with Crippen molar-refractivity contribution in [1.29, 1.82) is 0 Å². The average molecular weight is 440 g/mol. The van der Waals surface area contributed by atoms with Gasteiger partial charge in [0.15, 0.2) is 0 Å². The van der Waals surface area contributed by atoms with Crippen molar-refractivity contribution in [1.82, 2.24) is 0 Å². The first-order chi connectivity index (χ1) is 15.9. The number of hydrogen-bond acceptors (Lipinski definition) is 6. The van der Waals surface area contributed by atoms with Gasteiger partial charge in [0.2, 0.25) is 0 Å². The minimum Gasteiger partial charge on any atom is -0.271 e. The van der Waals surface area contributed by atoms with E-state index in [1.807, 2.05) is 74.5 Å². The molecule has 0 saturated carbocycles. The molecule has 0 atom stereocenters. The van der Waals surface area contributed by atoms with Crippen LogP contribution >= 0.6 is 0 Å². The molecule has 4 rings (SSSR count). The third-order valence-corrected chi connectivity index (χ3v) is 5.51. The Morgan fingerprint density at radius 3 is 1.70 bits per heavy atom. The molecule has 0 unspecified atom stereocenters. The highest BCUT2D eigenvalue weighted by molar-refractivity contribution is 6.33. The number of allylic oxidation sites excluding steroid dienone is 4. The third-order valence-electron chi connectivity index (χ3n) is 5.51. The molecule has 1 aliphatic carbocycles. The fraction of sp³-hybridized carbons (Fsp3) is 0.0800. The Hall–Kier alpha value is -4.59. The van der Waals surface area contributed by atoms with Crippen LogP contribution in [0.2, 0.25) is 0 Å². The van der Waals surface area contributed by atoms with E-state index in [1.165, 1.54) is 12.1 Å². The minimum absolute atomic E-state index is 0.0770. The molecule has 0 fully saturated rings. The zero-order valence-corrected chi connectivity index (χ0v) is 18.0. The number of nitro benzene ring substituents is 2. The van der Waals surface area contributed by atoms with Crippen molar-refractivity contribution in [2.75, 3.05) is 5.43 Å². The minimum atomic E-state index is -0.669. The van der Waals surface area contributed by atoms with E-state index in [0.29, 0.717) is 5.71 Å². The number of nitrogens with zero attached hydrogens (tertiary/aromatic N) is 3. The Kier molecular flexibility index (Phi) is 5.82. The van der Waals surface area contributed by atoms with E-state index in [-0.39, 0.29) is 11.4 Å². The van der Waals surface area contributed by atoms with E-state index >= 15 is 0 Å². The predicted octanol–water partition coefficient (Wildman–Crippen LogP) is 6.23. The molecule has 8 nitrogen and oxygen atoms in total. The molecule has 33 heavy (non-hydrogen) atoms. The second kappa shape index (κ2) is 8.88. The monoisotopic (exact) mass is 440 g/mol. The first-order valence-corrected chi connectivity index (χ1v) is 10.2. The third kappa shape index (κ3) is 4.14. The number of hydrogen-bond donors (Lipinski definition) is 1. The summed E-state index contributed by atoms with van der Waals surface area (Å²) in [5, 5.41) is 27.0. The summed E-state index contributed by atoms with van der Waals surface area (Å²) in [5.41, 5.74) is 8.75. The molecule has 0 spiro atoms. The molecule has 0 heterocycles. The number of hydrazone groups is 1. The normalized spacial score (nSPS) is 13.3. The summed E-state index contributed by atoms with van der Waals surface area (Å²) in [4.78, 5) is 21.1. The number of nitro groups is 2. The lowest BCUT2D eigenvalue weighted by Gasteiger charge is -2.11. The SMILES string of the molecule is CC1=C(c2ccccc2)C(c2ccccc2)=C(C)C1=NNc1ccc([N+](=O)[O-])cc1[N+](=O)[O-]. The number of benzene rings is 3. The number of nitrogens with one attached hydrogen (secondary N) is 1. The molecule has 3 aromatic carbocycles. The number of non-ortho nitro benzene ring substituents is 1. The molecule has 164 valence electrons. The summed E-state index contributed by atoms with van der Waals surface area (Å²) in [6.07, 6.45) is 0. The van der Waals surface area contributed by atoms with Crippen molar-refractivity contribution in [2.45, 2.75) is 13.8 Å². The van der Waals surface area contributed by atoms with E-state index < -0.39 is 15.5 Å². The van der Waals surface area contributed by atoms with Gasteiger partial charge in [-0.1, -0.05) is 60.7 Å². The molecule has 3 aromatic rings. The average Bonchev–Trinajstić information content (AvgIpc) is 3.08. The Bertz CT molecular complexity index is 1280. The van der Waals surface area contributed by atoms with Crippen molar-refractivity contribution in [3.63, 3.8) is 0 Å². The summed E-state index contributed by atoms with van der Waals surface area (Å²) >= 11 is 0. The smallest absolute Gasteiger partial charge is 0.271 e. The maximum atomic E-state index is 11.5. The fourth-order valence-corrected chi connectivity index (χ4v) is 3.99. The Labute approximate surface area is 189 Å². The molecular weight excluding hydrogens is 420 g/mol. The van der Waals surface area contributed by atoms with Gasteiger partial charge in [0.1, 0.15) is 5.69 Å². The Balaban J connectivity index is 1.82. The van der Waals surface area contributed by atoms with Crippen molar-refractivity contribution < 1.29 is 9.85 Å². The van der Waals surface area contributed by atoms with Crippen LogP contribution in [0.4, 0.5) is 17.1 Å². The maximum Gasteiger partial charge on any atom is 0.301 e. The molecule has 1 N–H and O–H groups in total. The van der Waals surface area contributed by atoms with Crippen LogP contribution < -0.4 is 5.43 Å². The first kappa shape index (κ1) is 21.6. The van der Waals surface area contributed by atoms with Crippen LogP contribution in [-0.2, 0) is 0 Å². The summed E-state index contributed by atoms with van der Waals surface area (Å²) < 4.78 is 0. The molecule has 8 heteroatoms. The lowest BCUT2D eigenvalue weighted by molar-refractivity contribution is -0.393. The first-order valence-electron chi connectivity index (χ1n) is 10.2. The van der Waals surface area contributed by atoms with Gasteiger partial charge in [0, 0.05) is 6.07 Å². The van der Waals surface area contributed by atoms with E-state index in [9.17, 15) is 20.2 Å². The van der Waals surface area contributed by atoms with Crippen molar-refractivity contribution in [2.24, 2.45) is 5.10 Å². The lowest BCUT2D eigenvalue weighted by atomic mass is 9.92. The van der Waals surface area contributed by atoms with E-state index in [4.69, 9.17) is 0 Å². The van der Waals surface area contributed by atoms with E-state index in [0.717, 1.165) is 39.5 Å². The van der Waals surface area contributed by atoms with E-state index in [2.05, 4.69) is 10.5 Å². The molecule has 0 aliphatic heterocycles. The highest BCUT2D eigenvalue weighted by atomic mass is 16.6. The second-order valence-corrected chi connectivity index (χ2v) is 7.52. The second-order valence-electron chi connectivity index (χ2n) is 7.52. The van der Waals surface area contributed by atoms with Crippen LogP contribution in [0.3, 0.4) is 0 Å². The van der Waals surface area contributed by atoms with Crippen LogP contribution in [0, 0.1) is 20.2 Å².